The first-order valence-corrected chi connectivity index (χ1v) is 4.16. The molecule has 3 heteroatoms. The fourth-order valence-electron chi connectivity index (χ4n) is 0.898. The van der Waals surface area contributed by atoms with Crippen molar-refractivity contribution < 1.29 is 0 Å². The molecule has 0 aliphatic rings. The summed E-state index contributed by atoms with van der Waals surface area (Å²) in [6.07, 6.45) is 1.67. The molecule has 0 heterocycles. The highest BCUT2D eigenvalue weighted by molar-refractivity contribution is 7.80. The van der Waals surface area contributed by atoms with Gasteiger partial charge in [0, 0.05) is 5.56 Å². The summed E-state index contributed by atoms with van der Waals surface area (Å²) in [6, 6.07) is 5.49. The smallest absolute Gasteiger partial charge is 0.105 e. The summed E-state index contributed by atoms with van der Waals surface area (Å²) < 4.78 is 0. The van der Waals surface area contributed by atoms with Crippen molar-refractivity contribution in [2.24, 2.45) is 5.73 Å². The number of hydrogen-bond acceptors (Lipinski definition) is 1. The molecule has 0 aliphatic carbocycles. The van der Waals surface area contributed by atoms with Crippen LogP contribution < -0.4 is 5.73 Å². The molecule has 12 heavy (non-hydrogen) atoms. The summed E-state index contributed by atoms with van der Waals surface area (Å²) in [7, 11) is 0. The van der Waals surface area contributed by atoms with Gasteiger partial charge in [-0.3, -0.25) is 0 Å². The monoisotopic (exact) mass is 197 g/mol. The Kier molecular flexibility index (Phi) is 2.84. The second-order valence-corrected chi connectivity index (χ2v) is 3.09. The number of hydrogen-bond donors (Lipinski definition) is 1. The van der Waals surface area contributed by atoms with Crippen molar-refractivity contribution in [3.63, 3.8) is 0 Å². The molecule has 0 atom stereocenters. The Bertz CT molecular complexity index is 333. The van der Waals surface area contributed by atoms with E-state index in [-0.39, 0.29) is 0 Å². The molecule has 1 rings (SSSR count). The fraction of sp³-hybridized carbons (Fsp3) is 0. The molecule has 1 nitrogen and oxygen atoms in total. The van der Waals surface area contributed by atoms with Crippen LogP contribution in [0.5, 0.6) is 0 Å². The van der Waals surface area contributed by atoms with Crippen LogP contribution >= 0.6 is 23.8 Å². The van der Waals surface area contributed by atoms with Crippen molar-refractivity contribution in [3.8, 4) is 0 Å². The summed E-state index contributed by atoms with van der Waals surface area (Å²) in [6.45, 7) is 3.62. The van der Waals surface area contributed by atoms with Gasteiger partial charge in [-0.25, -0.2) is 0 Å². The van der Waals surface area contributed by atoms with Crippen LogP contribution in [0.1, 0.15) is 11.1 Å². The zero-order chi connectivity index (χ0) is 9.14. The fourth-order valence-corrected chi connectivity index (χ4v) is 1.43. The first-order chi connectivity index (χ1) is 5.66. The van der Waals surface area contributed by atoms with Gasteiger partial charge >= 0.3 is 0 Å². The van der Waals surface area contributed by atoms with Gasteiger partial charge in [-0.05, 0) is 5.56 Å². The summed E-state index contributed by atoms with van der Waals surface area (Å²) in [4.78, 5) is 0.309. The lowest BCUT2D eigenvalue weighted by atomic mass is 10.1. The first-order valence-electron chi connectivity index (χ1n) is 3.37. The maximum absolute atomic E-state index is 5.97. The molecule has 0 aliphatic heterocycles. The highest BCUT2D eigenvalue weighted by atomic mass is 35.5. The van der Waals surface area contributed by atoms with Crippen LogP contribution in [0.3, 0.4) is 0 Å². The van der Waals surface area contributed by atoms with E-state index in [4.69, 9.17) is 29.6 Å². The van der Waals surface area contributed by atoms with E-state index in [9.17, 15) is 0 Å². The average Bonchev–Trinajstić information content (AvgIpc) is 2.04. The topological polar surface area (TPSA) is 26.0 Å². The second kappa shape index (κ2) is 3.70. The summed E-state index contributed by atoms with van der Waals surface area (Å²) in [5, 5.41) is 0.569. The lowest BCUT2D eigenvalue weighted by Gasteiger charge is -2.03. The molecule has 0 amide bonds. The van der Waals surface area contributed by atoms with Crippen molar-refractivity contribution in [1.29, 1.82) is 0 Å². The van der Waals surface area contributed by atoms with Crippen LogP contribution in [0.25, 0.3) is 6.08 Å². The second-order valence-electron chi connectivity index (χ2n) is 2.28. The van der Waals surface area contributed by atoms with Gasteiger partial charge in [0.05, 0.1) is 5.02 Å². The lowest BCUT2D eigenvalue weighted by Crippen LogP contribution is -2.10. The van der Waals surface area contributed by atoms with Crippen molar-refractivity contribution in [2.45, 2.75) is 0 Å². The predicted octanol–water partition coefficient (Wildman–Crippen LogP) is 2.62. The summed E-state index contributed by atoms with van der Waals surface area (Å²) in [5.74, 6) is 0. The number of halogens is 1. The van der Waals surface area contributed by atoms with Crippen molar-refractivity contribution in [3.05, 3.63) is 40.9 Å². The number of benzene rings is 1. The molecule has 0 unspecified atom stereocenters. The largest absolute Gasteiger partial charge is 0.389 e. The van der Waals surface area contributed by atoms with E-state index < -0.39 is 0 Å². The van der Waals surface area contributed by atoms with E-state index in [0.717, 1.165) is 5.56 Å². The molecule has 62 valence electrons. The number of thiocarbonyl (C=S) groups is 1. The molecular formula is C9H8ClNS. The standard InChI is InChI=1S/C9H8ClNS/c1-2-6-4-3-5-7(8(6)10)9(11)12/h2-5H,1H2,(H2,11,12). The normalized spacial score (nSPS) is 9.42. The summed E-state index contributed by atoms with van der Waals surface area (Å²) >= 11 is 10.8. The molecule has 1 aromatic carbocycles. The van der Waals surface area contributed by atoms with Crippen LogP contribution in [0.15, 0.2) is 24.8 Å². The highest BCUT2D eigenvalue weighted by Crippen LogP contribution is 2.21. The minimum absolute atomic E-state index is 0.309. The molecular weight excluding hydrogens is 190 g/mol. The molecule has 0 saturated carbocycles. The molecule has 1 aromatic rings. The molecule has 0 radical (unpaired) electrons. The minimum atomic E-state index is 0.309. The molecule has 2 N–H and O–H groups in total. The maximum Gasteiger partial charge on any atom is 0.105 e. The average molecular weight is 198 g/mol. The zero-order valence-electron chi connectivity index (χ0n) is 6.38. The SMILES string of the molecule is C=Cc1cccc(C(N)=S)c1Cl. The summed E-state index contributed by atoms with van der Waals surface area (Å²) in [5.41, 5.74) is 7.00. The van der Waals surface area contributed by atoms with Crippen LogP contribution in [0.4, 0.5) is 0 Å². The van der Waals surface area contributed by atoms with E-state index in [2.05, 4.69) is 6.58 Å². The predicted molar refractivity (Wildman–Crippen MR) is 57.4 cm³/mol. The van der Waals surface area contributed by atoms with Gasteiger partial charge in [-0.2, -0.15) is 0 Å². The Morgan fingerprint density at radius 3 is 2.75 bits per heavy atom. The molecule has 0 saturated heterocycles. The Morgan fingerprint density at radius 2 is 2.25 bits per heavy atom. The first kappa shape index (κ1) is 9.23. The van der Waals surface area contributed by atoms with Crippen LogP contribution in [0, 0.1) is 0 Å². The maximum atomic E-state index is 5.97. The van der Waals surface area contributed by atoms with Crippen molar-refractivity contribution in [2.75, 3.05) is 0 Å². The van der Waals surface area contributed by atoms with Crippen molar-refractivity contribution in [1.82, 2.24) is 0 Å². The van der Waals surface area contributed by atoms with Gasteiger partial charge in [0.2, 0.25) is 0 Å². The van der Waals surface area contributed by atoms with Crippen LogP contribution in [-0.4, -0.2) is 4.99 Å². The minimum Gasteiger partial charge on any atom is -0.389 e. The van der Waals surface area contributed by atoms with E-state index >= 15 is 0 Å². The third-order valence-electron chi connectivity index (χ3n) is 1.51. The zero-order valence-corrected chi connectivity index (χ0v) is 7.95. The Hall–Kier alpha value is -0.860. The molecule has 0 spiro atoms. The van der Waals surface area contributed by atoms with Gasteiger partial charge in [-0.1, -0.05) is 54.7 Å². The van der Waals surface area contributed by atoms with E-state index in [1.54, 1.807) is 12.1 Å². The molecule has 0 bridgehead atoms. The van der Waals surface area contributed by atoms with Crippen LogP contribution in [-0.2, 0) is 0 Å². The number of nitrogens with two attached hydrogens (primary N) is 1. The van der Waals surface area contributed by atoms with E-state index in [1.807, 2.05) is 12.1 Å². The van der Waals surface area contributed by atoms with Crippen LogP contribution in [0.2, 0.25) is 5.02 Å². The van der Waals surface area contributed by atoms with Crippen molar-refractivity contribution >= 4 is 34.9 Å². The van der Waals surface area contributed by atoms with E-state index in [1.165, 1.54) is 0 Å². The molecule has 0 aromatic heterocycles. The van der Waals surface area contributed by atoms with Gasteiger partial charge in [0.1, 0.15) is 4.99 Å². The third-order valence-corrected chi connectivity index (χ3v) is 2.16. The lowest BCUT2D eigenvalue weighted by molar-refractivity contribution is 1.59. The molecule has 0 fully saturated rings. The Labute approximate surface area is 81.8 Å². The van der Waals surface area contributed by atoms with Gasteiger partial charge in [-0.15, -0.1) is 0 Å². The van der Waals surface area contributed by atoms with Gasteiger partial charge < -0.3 is 5.73 Å². The highest BCUT2D eigenvalue weighted by Gasteiger charge is 2.04. The van der Waals surface area contributed by atoms with E-state index in [0.29, 0.717) is 15.6 Å². The van der Waals surface area contributed by atoms with Gasteiger partial charge in [0.25, 0.3) is 0 Å². The quantitative estimate of drug-likeness (QED) is 0.738. The third kappa shape index (κ3) is 1.65. The number of rotatable bonds is 2. The van der Waals surface area contributed by atoms with Gasteiger partial charge in [0.15, 0.2) is 0 Å². The Balaban J connectivity index is 3.32. The Morgan fingerprint density at radius 1 is 1.58 bits per heavy atom.